The Labute approximate surface area is 657 Å². The number of nitrogens with zero attached hydrogens (tertiary/aromatic N) is 4. The van der Waals surface area contributed by atoms with Crippen molar-refractivity contribution >= 4 is 123 Å². The quantitative estimate of drug-likeness (QED) is 0.0185. The van der Waals surface area contributed by atoms with Crippen LogP contribution in [0.1, 0.15) is 0 Å². The van der Waals surface area contributed by atoms with E-state index in [0.29, 0.717) is 78.6 Å². The molecule has 2 heterocycles. The molecule has 0 N–H and O–H groups in total. The minimum atomic E-state index is -4.80. The topological polar surface area (TPSA) is 153 Å². The molecule has 2 aliphatic carbocycles. The Morgan fingerprint density at radius 2 is 0.682 bits per heavy atom. The van der Waals surface area contributed by atoms with Crippen molar-refractivity contribution in [1.82, 2.24) is 9.15 Å². The van der Waals surface area contributed by atoms with E-state index in [-0.39, 0.29) is 9.79 Å². The first-order chi connectivity index (χ1) is 53.8. The van der Waals surface area contributed by atoms with Gasteiger partial charge in [-0.2, -0.15) is 9.15 Å². The van der Waals surface area contributed by atoms with Crippen molar-refractivity contribution in [3.8, 4) is 44.9 Å². The van der Waals surface area contributed by atoms with Gasteiger partial charge in [0.25, 0.3) is 0 Å². The lowest BCUT2D eigenvalue weighted by Gasteiger charge is -2.26. The highest BCUT2D eigenvalue weighted by atomic mass is 32.2. The zero-order chi connectivity index (χ0) is 75.2. The van der Waals surface area contributed by atoms with Crippen LogP contribution in [-0.4, -0.2) is 62.3 Å². The molecule has 0 fully saturated rings. The minimum Gasteiger partial charge on any atom is -0.744 e. The molecular formula is C92H72N4O8S6. The molecule has 18 heteroatoms. The van der Waals surface area contributed by atoms with Gasteiger partial charge >= 0.3 is 0 Å². The van der Waals surface area contributed by atoms with Crippen molar-refractivity contribution in [1.29, 1.82) is 0 Å². The molecule has 2 aliphatic heterocycles. The standard InChI is InChI=1S/C47H38N2O4S3.C45H34N2O4S3/c50-56(51,52)46-24-14-13-23-43(46)47-41-27-25-37(48(35-15-5-1-6-16-35)29-31-54-39-19-9-3-10-20-39)33-44(41)53-45-34-38(26-28-42(45)47)49(36-17-7-2-8-18-36)30-32-55-40-21-11-4-12-22-40;48-54(49,50)44-24-14-13-23-41(44)45-39-27-25-35(46(33-15-5-1-6-16-33)31-52-37-19-9-3-10-20-37)29-42(39)51-43-30-36(26-28-40(43)45)47(34-17-7-2-8-18-34)32-53-38-21-11-4-12-22-38/h1-28,33-34H,29-32H2;1-30H,31-32H2. The molecule has 110 heavy (non-hydrogen) atoms. The summed E-state index contributed by atoms with van der Waals surface area (Å²) in [7, 11) is -9.61. The number of benzene rings is 14. The number of hydrogen-bond donors (Lipinski definition) is 0. The van der Waals surface area contributed by atoms with E-state index in [1.165, 1.54) is 21.9 Å². The summed E-state index contributed by atoms with van der Waals surface area (Å²) in [5.74, 6) is 4.07. The van der Waals surface area contributed by atoms with Crippen LogP contribution in [0.4, 0.5) is 34.1 Å². The number of rotatable bonds is 24. The monoisotopic (exact) mass is 1550 g/mol. The second-order valence-electron chi connectivity index (χ2n) is 25.6. The molecule has 0 amide bonds. The average Bonchev–Trinajstić information content (AvgIpc) is 0.744. The van der Waals surface area contributed by atoms with Crippen molar-refractivity contribution in [2.24, 2.45) is 0 Å². The number of fused-ring (bicyclic) bond motifs is 4. The molecular weight excluding hydrogens is 1480 g/mol. The van der Waals surface area contributed by atoms with Crippen LogP contribution in [0, 0.1) is 0 Å². The summed E-state index contributed by atoms with van der Waals surface area (Å²) in [5, 5.41) is 3.22. The maximum atomic E-state index is 12.7. The first kappa shape index (κ1) is 74.3. The van der Waals surface area contributed by atoms with E-state index in [0.717, 1.165) is 79.2 Å². The molecule has 16 rings (SSSR count). The Bertz CT molecular complexity index is 6170. The maximum Gasteiger partial charge on any atom is 0.210 e. The van der Waals surface area contributed by atoms with Gasteiger partial charge in [-0.05, 0) is 121 Å². The van der Waals surface area contributed by atoms with Crippen LogP contribution in [0.15, 0.2) is 402 Å². The third-order valence-electron chi connectivity index (χ3n) is 18.6. The Balaban J connectivity index is 0.000000175. The predicted molar refractivity (Wildman–Crippen MR) is 451 cm³/mol. The van der Waals surface area contributed by atoms with E-state index in [1.807, 2.05) is 194 Å². The number of hydrogen-bond acceptors (Lipinski definition) is 14. The van der Waals surface area contributed by atoms with Crippen LogP contribution in [0.3, 0.4) is 0 Å². The minimum absolute atomic E-state index is 0.269. The molecule has 12 aromatic carbocycles. The van der Waals surface area contributed by atoms with Gasteiger partial charge in [0, 0.05) is 147 Å². The largest absolute Gasteiger partial charge is 0.744 e. The predicted octanol–water partition coefficient (Wildman–Crippen LogP) is 21.8. The molecule has 0 saturated carbocycles. The second kappa shape index (κ2) is 34.6. The van der Waals surface area contributed by atoms with Gasteiger partial charge < -0.3 is 27.7 Å². The summed E-state index contributed by atoms with van der Waals surface area (Å²) >= 11 is 7.04. The smallest absolute Gasteiger partial charge is 0.210 e. The van der Waals surface area contributed by atoms with Gasteiger partial charge in [0.1, 0.15) is 42.9 Å². The van der Waals surface area contributed by atoms with Crippen LogP contribution in [0.2, 0.25) is 0 Å². The van der Waals surface area contributed by atoms with Gasteiger partial charge in [-0.1, -0.05) is 194 Å². The van der Waals surface area contributed by atoms with Gasteiger partial charge in [-0.25, -0.2) is 16.8 Å². The molecule has 0 bridgehead atoms. The zero-order valence-electron chi connectivity index (χ0n) is 59.4. The van der Waals surface area contributed by atoms with E-state index < -0.39 is 20.2 Å². The fourth-order valence-corrected chi connectivity index (χ4v) is 18.4. The van der Waals surface area contributed by atoms with Gasteiger partial charge in [0.15, 0.2) is 12.4 Å². The van der Waals surface area contributed by atoms with Crippen LogP contribution >= 0.6 is 47.0 Å². The Morgan fingerprint density at radius 3 is 1.14 bits per heavy atom. The van der Waals surface area contributed by atoms with Crippen molar-refractivity contribution in [3.05, 3.63) is 375 Å². The van der Waals surface area contributed by atoms with E-state index in [9.17, 15) is 25.9 Å². The van der Waals surface area contributed by atoms with E-state index in [4.69, 9.17) is 8.83 Å². The molecule has 12 aromatic rings. The fraction of sp³-hybridized carbons (Fsp3) is 0.0652. The highest BCUT2D eigenvalue weighted by Crippen LogP contribution is 2.46. The number of thioether (sulfide) groups is 4. The third kappa shape index (κ3) is 17.6. The average molecular weight is 1550 g/mol. The fourth-order valence-electron chi connectivity index (χ4n) is 13.5. The van der Waals surface area contributed by atoms with Crippen molar-refractivity contribution in [3.63, 3.8) is 0 Å². The summed E-state index contributed by atoms with van der Waals surface area (Å²) in [5.41, 5.74) is 10.4. The lowest BCUT2D eigenvalue weighted by atomic mass is 9.93. The van der Waals surface area contributed by atoms with Crippen molar-refractivity contribution in [2.75, 3.05) is 46.1 Å². The highest BCUT2D eigenvalue weighted by molar-refractivity contribution is 8.00. The van der Waals surface area contributed by atoms with Crippen LogP contribution in [0.25, 0.3) is 66.8 Å². The van der Waals surface area contributed by atoms with Crippen LogP contribution in [-0.2, 0) is 20.2 Å². The van der Waals surface area contributed by atoms with Gasteiger partial charge in [0.05, 0.1) is 33.6 Å². The molecule has 4 aliphatic rings. The Kier molecular flexibility index (Phi) is 23.4. The third-order valence-corrected chi connectivity index (χ3v) is 24.4. The summed E-state index contributed by atoms with van der Waals surface area (Å²) in [6.45, 7) is 1.45. The first-order valence-corrected chi connectivity index (χ1v) is 42.4. The Morgan fingerprint density at radius 1 is 0.318 bits per heavy atom. The first-order valence-electron chi connectivity index (χ1n) is 35.6. The van der Waals surface area contributed by atoms with Gasteiger partial charge in [0.2, 0.25) is 22.1 Å². The second-order valence-corrected chi connectivity index (χ2v) is 32.6. The van der Waals surface area contributed by atoms with E-state index in [2.05, 4.69) is 140 Å². The van der Waals surface area contributed by atoms with E-state index >= 15 is 0 Å². The van der Waals surface area contributed by atoms with Crippen molar-refractivity contribution in [2.45, 2.75) is 29.4 Å². The summed E-state index contributed by atoms with van der Waals surface area (Å²) in [4.78, 5) is 8.65. The number of para-hydroxylation sites is 4. The van der Waals surface area contributed by atoms with Gasteiger partial charge in [-0.15, -0.1) is 35.3 Å². The SMILES string of the molecule is O=S(=O)([O-])c1ccccc1-c1c2cc/c(=[N+](/CSc3ccccc3)c3ccccc3)cc-2oc2cc(N(CSc3ccccc3)c3ccccc3)ccc12.O=S(=O)([O-])c1ccccc1-c1c2ccc(=[N+](CCSc3ccccc3)c3ccccc3)cc-2oc2cc(N(CCSc3ccccc3)c3ccccc3)ccc12. The summed E-state index contributed by atoms with van der Waals surface area (Å²) in [6, 6.07) is 119. The van der Waals surface area contributed by atoms with Crippen LogP contribution < -0.4 is 29.7 Å². The normalized spacial score (nSPS) is 12.2. The molecule has 12 nitrogen and oxygen atoms in total. The zero-order valence-corrected chi connectivity index (χ0v) is 64.3. The molecule has 0 atom stereocenters. The number of anilines is 4. The molecule has 0 aromatic heterocycles. The molecule has 0 spiro atoms. The maximum absolute atomic E-state index is 12.7. The highest BCUT2D eigenvalue weighted by Gasteiger charge is 2.27. The molecule has 544 valence electrons. The molecule has 0 radical (unpaired) electrons. The lowest BCUT2D eigenvalue weighted by Crippen LogP contribution is -2.27. The molecule has 0 saturated heterocycles. The van der Waals surface area contributed by atoms with Crippen LogP contribution in [0.5, 0.6) is 0 Å². The lowest BCUT2D eigenvalue weighted by molar-refractivity contribution is 0.461. The Hall–Kier alpha value is -11.2. The van der Waals surface area contributed by atoms with Gasteiger partial charge in [-0.3, -0.25) is 0 Å². The van der Waals surface area contributed by atoms with E-state index in [1.54, 1.807) is 83.4 Å². The molecule has 0 unspecified atom stereocenters. The summed E-state index contributed by atoms with van der Waals surface area (Å²) in [6.07, 6.45) is 0. The van der Waals surface area contributed by atoms with Crippen molar-refractivity contribution < 1.29 is 34.8 Å². The summed E-state index contributed by atoms with van der Waals surface area (Å²) < 4.78 is 94.3.